The summed E-state index contributed by atoms with van der Waals surface area (Å²) in [4.78, 5) is 52.5. The predicted octanol–water partition coefficient (Wildman–Crippen LogP) is -0.274. The van der Waals surface area contributed by atoms with Gasteiger partial charge in [0.15, 0.2) is 0 Å². The van der Waals surface area contributed by atoms with E-state index in [-0.39, 0.29) is 18.2 Å². The maximum absolute atomic E-state index is 12.7. The molecular formula is C18H20N4O4. The SMILES string of the molecule is O=CN1CCN(c2ccc3c(c2)CN(C2CCC(=O)NC2=O)C3=O)CC1. The maximum Gasteiger partial charge on any atom is 0.255 e. The van der Waals surface area contributed by atoms with E-state index in [2.05, 4.69) is 10.2 Å². The van der Waals surface area contributed by atoms with Crippen LogP contribution >= 0.6 is 0 Å². The Balaban J connectivity index is 1.51. The smallest absolute Gasteiger partial charge is 0.255 e. The van der Waals surface area contributed by atoms with Crippen LogP contribution in [-0.4, -0.2) is 66.2 Å². The van der Waals surface area contributed by atoms with Gasteiger partial charge in [0, 0.05) is 50.4 Å². The van der Waals surface area contributed by atoms with Gasteiger partial charge in [-0.1, -0.05) is 0 Å². The third-order valence-corrected chi connectivity index (χ3v) is 5.34. The van der Waals surface area contributed by atoms with Gasteiger partial charge in [0.2, 0.25) is 18.2 Å². The van der Waals surface area contributed by atoms with Crippen LogP contribution in [0.1, 0.15) is 28.8 Å². The number of piperazine rings is 1. The van der Waals surface area contributed by atoms with Gasteiger partial charge in [-0.05, 0) is 30.2 Å². The molecule has 3 heterocycles. The standard InChI is InChI=1S/C18H20N4O4/c23-11-20-5-7-21(8-6-20)13-1-2-14-12(9-13)10-22(18(14)26)15-3-4-16(24)19-17(15)25/h1-2,9,11,15H,3-8,10H2,(H,19,24,25). The zero-order valence-electron chi connectivity index (χ0n) is 14.3. The topological polar surface area (TPSA) is 90.0 Å². The van der Waals surface area contributed by atoms with Crippen molar-refractivity contribution in [2.45, 2.75) is 25.4 Å². The van der Waals surface area contributed by atoms with Crippen LogP contribution in [0.25, 0.3) is 0 Å². The quantitative estimate of drug-likeness (QED) is 0.595. The highest BCUT2D eigenvalue weighted by Gasteiger charge is 2.39. The Morgan fingerprint density at radius 1 is 1.08 bits per heavy atom. The largest absolute Gasteiger partial charge is 0.368 e. The van der Waals surface area contributed by atoms with E-state index < -0.39 is 11.9 Å². The highest BCUT2D eigenvalue weighted by molar-refractivity contribution is 6.05. The van der Waals surface area contributed by atoms with Crippen LogP contribution in [0.3, 0.4) is 0 Å². The summed E-state index contributed by atoms with van der Waals surface area (Å²) in [5.74, 6) is -0.841. The number of piperidine rings is 1. The Hall–Kier alpha value is -2.90. The molecule has 8 nitrogen and oxygen atoms in total. The van der Waals surface area contributed by atoms with Gasteiger partial charge in [-0.15, -0.1) is 0 Å². The van der Waals surface area contributed by atoms with Crippen molar-refractivity contribution in [3.8, 4) is 0 Å². The number of hydrogen-bond acceptors (Lipinski definition) is 5. The average Bonchev–Trinajstić information content (AvgIpc) is 2.98. The second-order valence-electron chi connectivity index (χ2n) is 6.87. The van der Waals surface area contributed by atoms with Crippen LogP contribution in [0.5, 0.6) is 0 Å². The van der Waals surface area contributed by atoms with E-state index in [0.717, 1.165) is 30.8 Å². The summed E-state index contributed by atoms with van der Waals surface area (Å²) in [5, 5.41) is 2.31. The minimum Gasteiger partial charge on any atom is -0.368 e. The van der Waals surface area contributed by atoms with Gasteiger partial charge < -0.3 is 14.7 Å². The Bertz CT molecular complexity index is 785. The van der Waals surface area contributed by atoms with Crippen LogP contribution in [0.2, 0.25) is 0 Å². The second-order valence-corrected chi connectivity index (χ2v) is 6.87. The summed E-state index contributed by atoms with van der Waals surface area (Å²) in [5.41, 5.74) is 2.53. The third kappa shape index (κ3) is 2.81. The molecule has 1 aromatic carbocycles. The molecule has 3 aliphatic heterocycles. The Morgan fingerprint density at radius 2 is 1.85 bits per heavy atom. The normalized spacial score (nSPS) is 23.2. The lowest BCUT2D eigenvalue weighted by Crippen LogP contribution is -2.52. The molecule has 0 saturated carbocycles. The molecule has 0 radical (unpaired) electrons. The number of rotatable bonds is 3. The van der Waals surface area contributed by atoms with Gasteiger partial charge in [0.1, 0.15) is 6.04 Å². The van der Waals surface area contributed by atoms with Crippen molar-refractivity contribution in [2.24, 2.45) is 0 Å². The summed E-state index contributed by atoms with van der Waals surface area (Å²) in [6.45, 7) is 3.25. The molecule has 2 fully saturated rings. The van der Waals surface area contributed by atoms with Crippen LogP contribution in [-0.2, 0) is 20.9 Å². The number of carbonyl (C=O) groups is 4. The molecular weight excluding hydrogens is 336 g/mol. The number of nitrogens with zero attached hydrogens (tertiary/aromatic N) is 3. The van der Waals surface area contributed by atoms with E-state index >= 15 is 0 Å². The number of hydrogen-bond donors (Lipinski definition) is 1. The summed E-state index contributed by atoms with van der Waals surface area (Å²) >= 11 is 0. The molecule has 0 spiro atoms. The van der Waals surface area contributed by atoms with Crippen molar-refractivity contribution >= 4 is 29.8 Å². The molecule has 136 valence electrons. The lowest BCUT2D eigenvalue weighted by atomic mass is 10.0. The lowest BCUT2D eigenvalue weighted by molar-refractivity contribution is -0.137. The first-order chi connectivity index (χ1) is 12.6. The highest BCUT2D eigenvalue weighted by atomic mass is 16.2. The number of anilines is 1. The number of nitrogens with one attached hydrogen (secondary N) is 1. The molecule has 1 atom stereocenters. The number of imide groups is 1. The first kappa shape index (κ1) is 16.6. The molecule has 0 aliphatic carbocycles. The van der Waals surface area contributed by atoms with Crippen molar-refractivity contribution in [1.29, 1.82) is 0 Å². The molecule has 0 aromatic heterocycles. The monoisotopic (exact) mass is 356 g/mol. The molecule has 1 N–H and O–H groups in total. The van der Waals surface area contributed by atoms with E-state index in [1.54, 1.807) is 9.80 Å². The number of benzene rings is 1. The van der Waals surface area contributed by atoms with E-state index in [0.29, 0.717) is 31.6 Å². The van der Waals surface area contributed by atoms with Crippen LogP contribution in [0, 0.1) is 0 Å². The van der Waals surface area contributed by atoms with Gasteiger partial charge in [0.05, 0.1) is 0 Å². The predicted molar refractivity (Wildman–Crippen MR) is 92.3 cm³/mol. The molecule has 4 amide bonds. The fourth-order valence-electron chi connectivity index (χ4n) is 3.84. The van der Waals surface area contributed by atoms with Crippen LogP contribution in [0.15, 0.2) is 18.2 Å². The Morgan fingerprint density at radius 3 is 2.54 bits per heavy atom. The summed E-state index contributed by atoms with van der Waals surface area (Å²) in [6.07, 6.45) is 1.49. The van der Waals surface area contributed by atoms with Crippen molar-refractivity contribution in [3.63, 3.8) is 0 Å². The van der Waals surface area contributed by atoms with Crippen molar-refractivity contribution in [1.82, 2.24) is 15.1 Å². The summed E-state index contributed by atoms with van der Waals surface area (Å²) in [6, 6.07) is 5.13. The Labute approximate surface area is 150 Å². The van der Waals surface area contributed by atoms with Gasteiger partial charge in [-0.2, -0.15) is 0 Å². The second kappa shape index (κ2) is 6.44. The summed E-state index contributed by atoms with van der Waals surface area (Å²) < 4.78 is 0. The van der Waals surface area contributed by atoms with Crippen LogP contribution < -0.4 is 10.2 Å². The molecule has 1 unspecified atom stereocenters. The van der Waals surface area contributed by atoms with Crippen LogP contribution in [0.4, 0.5) is 5.69 Å². The van der Waals surface area contributed by atoms with Crippen molar-refractivity contribution in [2.75, 3.05) is 31.1 Å². The summed E-state index contributed by atoms with van der Waals surface area (Å²) in [7, 11) is 0. The molecule has 4 rings (SSSR count). The average molecular weight is 356 g/mol. The van der Waals surface area contributed by atoms with Gasteiger partial charge in [-0.3, -0.25) is 24.5 Å². The molecule has 1 aromatic rings. The van der Waals surface area contributed by atoms with Gasteiger partial charge in [0.25, 0.3) is 5.91 Å². The maximum atomic E-state index is 12.7. The first-order valence-corrected chi connectivity index (χ1v) is 8.78. The first-order valence-electron chi connectivity index (χ1n) is 8.78. The number of fused-ring (bicyclic) bond motifs is 1. The zero-order valence-corrected chi connectivity index (χ0v) is 14.3. The lowest BCUT2D eigenvalue weighted by Gasteiger charge is -2.34. The van der Waals surface area contributed by atoms with Gasteiger partial charge >= 0.3 is 0 Å². The highest BCUT2D eigenvalue weighted by Crippen LogP contribution is 2.30. The fourth-order valence-corrected chi connectivity index (χ4v) is 3.84. The fraction of sp³-hybridized carbons (Fsp3) is 0.444. The minimum absolute atomic E-state index is 0.160. The molecule has 0 bridgehead atoms. The van der Waals surface area contributed by atoms with E-state index in [1.807, 2.05) is 18.2 Å². The molecule has 2 saturated heterocycles. The molecule has 8 heteroatoms. The van der Waals surface area contributed by atoms with E-state index in [1.165, 1.54) is 0 Å². The van der Waals surface area contributed by atoms with E-state index in [9.17, 15) is 19.2 Å². The van der Waals surface area contributed by atoms with E-state index in [4.69, 9.17) is 0 Å². The zero-order chi connectivity index (χ0) is 18.3. The molecule has 26 heavy (non-hydrogen) atoms. The minimum atomic E-state index is -0.591. The Kier molecular flexibility index (Phi) is 4.10. The third-order valence-electron chi connectivity index (χ3n) is 5.34. The van der Waals surface area contributed by atoms with Gasteiger partial charge in [-0.25, -0.2) is 0 Å². The number of carbonyl (C=O) groups excluding carboxylic acids is 4. The molecule has 3 aliphatic rings. The van der Waals surface area contributed by atoms with Crippen molar-refractivity contribution < 1.29 is 19.2 Å². The number of amides is 4. The van der Waals surface area contributed by atoms with Crippen molar-refractivity contribution in [3.05, 3.63) is 29.3 Å².